The summed E-state index contributed by atoms with van der Waals surface area (Å²) in [5.74, 6) is -0.483. The highest BCUT2D eigenvalue weighted by Crippen LogP contribution is 2.14. The van der Waals surface area contributed by atoms with Crippen LogP contribution in [-0.4, -0.2) is 30.3 Å². The van der Waals surface area contributed by atoms with Crippen molar-refractivity contribution in [3.05, 3.63) is 30.1 Å². The number of hydrogen-bond donors (Lipinski definition) is 2. The van der Waals surface area contributed by atoms with Gasteiger partial charge in [-0.25, -0.2) is 4.39 Å². The zero-order valence-electron chi connectivity index (χ0n) is 11.2. The molecule has 0 saturated carbocycles. The van der Waals surface area contributed by atoms with E-state index in [1.165, 1.54) is 12.1 Å². The average molecular weight is 269 g/mol. The van der Waals surface area contributed by atoms with Crippen LogP contribution in [0.2, 0.25) is 0 Å². The summed E-state index contributed by atoms with van der Waals surface area (Å²) in [6.07, 6.45) is 0.0477. The quantitative estimate of drug-likeness (QED) is 0.792. The number of benzene rings is 1. The van der Waals surface area contributed by atoms with E-state index in [4.69, 9.17) is 4.74 Å². The minimum Gasteiger partial charge on any atom is -0.481 e. The molecule has 0 spiro atoms. The van der Waals surface area contributed by atoms with Crippen molar-refractivity contribution in [1.82, 2.24) is 5.32 Å². The van der Waals surface area contributed by atoms with Crippen molar-refractivity contribution in [2.75, 3.05) is 13.2 Å². The highest BCUT2D eigenvalue weighted by atomic mass is 19.1. The van der Waals surface area contributed by atoms with Gasteiger partial charge in [0.25, 0.3) is 5.91 Å². The molecule has 0 aliphatic rings. The van der Waals surface area contributed by atoms with E-state index in [-0.39, 0.29) is 24.8 Å². The van der Waals surface area contributed by atoms with Gasteiger partial charge >= 0.3 is 0 Å². The lowest BCUT2D eigenvalue weighted by Gasteiger charge is -2.14. The van der Waals surface area contributed by atoms with Crippen LogP contribution < -0.4 is 10.1 Å². The minimum atomic E-state index is -0.572. The van der Waals surface area contributed by atoms with Gasteiger partial charge in [-0.2, -0.15) is 0 Å². The summed E-state index contributed by atoms with van der Waals surface area (Å²) in [5, 5.41) is 12.1. The van der Waals surface area contributed by atoms with Crippen molar-refractivity contribution in [3.8, 4) is 5.75 Å². The van der Waals surface area contributed by atoms with Gasteiger partial charge in [-0.1, -0.05) is 26.0 Å². The van der Waals surface area contributed by atoms with Crippen LogP contribution in [0.25, 0.3) is 0 Å². The third kappa shape index (κ3) is 6.20. The Morgan fingerprint density at radius 2 is 2.11 bits per heavy atom. The Bertz CT molecular complexity index is 409. The normalized spacial score (nSPS) is 12.3. The predicted molar refractivity (Wildman–Crippen MR) is 70.4 cm³/mol. The van der Waals surface area contributed by atoms with E-state index in [9.17, 15) is 14.3 Å². The van der Waals surface area contributed by atoms with E-state index in [0.29, 0.717) is 12.3 Å². The van der Waals surface area contributed by atoms with Crippen molar-refractivity contribution in [1.29, 1.82) is 0 Å². The Balaban J connectivity index is 2.27. The summed E-state index contributed by atoms with van der Waals surface area (Å²) >= 11 is 0. The molecule has 1 rings (SSSR count). The SMILES string of the molecule is CC(C)CC(O)CNC(=O)COc1ccccc1F. The highest BCUT2D eigenvalue weighted by molar-refractivity contribution is 5.77. The molecular formula is C14H20FNO3. The topological polar surface area (TPSA) is 58.6 Å². The maximum Gasteiger partial charge on any atom is 0.258 e. The van der Waals surface area contributed by atoms with E-state index < -0.39 is 11.9 Å². The first-order chi connectivity index (χ1) is 8.99. The average Bonchev–Trinajstić information content (AvgIpc) is 2.34. The smallest absolute Gasteiger partial charge is 0.258 e. The lowest BCUT2D eigenvalue weighted by atomic mass is 10.1. The van der Waals surface area contributed by atoms with Crippen LogP contribution >= 0.6 is 0 Å². The fourth-order valence-corrected chi connectivity index (χ4v) is 1.62. The van der Waals surface area contributed by atoms with Crippen LogP contribution in [0.3, 0.4) is 0 Å². The number of hydrogen-bond acceptors (Lipinski definition) is 3. The van der Waals surface area contributed by atoms with E-state index in [1.807, 2.05) is 13.8 Å². The third-order valence-corrected chi connectivity index (χ3v) is 2.47. The Kier molecular flexibility index (Phi) is 6.29. The molecule has 1 amide bonds. The molecule has 0 aromatic heterocycles. The van der Waals surface area contributed by atoms with Crippen molar-refractivity contribution in [3.63, 3.8) is 0 Å². The molecule has 1 aromatic carbocycles. The van der Waals surface area contributed by atoms with Crippen molar-refractivity contribution < 1.29 is 19.0 Å². The summed E-state index contributed by atoms with van der Waals surface area (Å²) in [5.41, 5.74) is 0. The van der Waals surface area contributed by atoms with Gasteiger partial charge in [-0.3, -0.25) is 4.79 Å². The van der Waals surface area contributed by atoms with Crippen LogP contribution in [0.15, 0.2) is 24.3 Å². The summed E-state index contributed by atoms with van der Waals surface area (Å²) in [7, 11) is 0. The molecular weight excluding hydrogens is 249 g/mol. The molecule has 1 atom stereocenters. The van der Waals surface area contributed by atoms with Crippen LogP contribution in [-0.2, 0) is 4.79 Å². The number of rotatable bonds is 7. The van der Waals surface area contributed by atoms with Crippen molar-refractivity contribution >= 4 is 5.91 Å². The second-order valence-electron chi connectivity index (χ2n) is 4.81. The summed E-state index contributed by atoms with van der Waals surface area (Å²) in [4.78, 5) is 11.4. The number of nitrogens with one attached hydrogen (secondary N) is 1. The molecule has 0 aliphatic heterocycles. The molecule has 4 nitrogen and oxygen atoms in total. The van der Waals surface area contributed by atoms with Gasteiger partial charge < -0.3 is 15.2 Å². The molecule has 0 aliphatic carbocycles. The van der Waals surface area contributed by atoms with Crippen LogP contribution in [0, 0.1) is 11.7 Å². The Morgan fingerprint density at radius 1 is 1.42 bits per heavy atom. The van der Waals surface area contributed by atoms with Gasteiger partial charge in [0.05, 0.1) is 6.10 Å². The molecule has 1 unspecified atom stereocenters. The Labute approximate surface area is 112 Å². The van der Waals surface area contributed by atoms with E-state index in [0.717, 1.165) is 0 Å². The monoisotopic (exact) mass is 269 g/mol. The number of carbonyl (C=O) groups is 1. The van der Waals surface area contributed by atoms with Gasteiger partial charge in [0.1, 0.15) is 0 Å². The number of halogens is 1. The van der Waals surface area contributed by atoms with Gasteiger partial charge in [-0.05, 0) is 24.5 Å². The zero-order chi connectivity index (χ0) is 14.3. The van der Waals surface area contributed by atoms with Crippen molar-refractivity contribution in [2.24, 2.45) is 5.92 Å². The van der Waals surface area contributed by atoms with Gasteiger partial charge in [0.15, 0.2) is 18.2 Å². The lowest BCUT2D eigenvalue weighted by molar-refractivity contribution is -0.123. The Hall–Kier alpha value is -1.62. The van der Waals surface area contributed by atoms with Gasteiger partial charge in [-0.15, -0.1) is 0 Å². The molecule has 2 N–H and O–H groups in total. The van der Waals surface area contributed by atoms with E-state index in [1.54, 1.807) is 12.1 Å². The number of aliphatic hydroxyl groups excluding tert-OH is 1. The molecule has 0 bridgehead atoms. The first-order valence-corrected chi connectivity index (χ1v) is 6.31. The zero-order valence-corrected chi connectivity index (χ0v) is 11.2. The number of amides is 1. The van der Waals surface area contributed by atoms with Crippen LogP contribution in [0.5, 0.6) is 5.75 Å². The second kappa shape index (κ2) is 7.74. The van der Waals surface area contributed by atoms with E-state index >= 15 is 0 Å². The summed E-state index contributed by atoms with van der Waals surface area (Å²) < 4.78 is 18.2. The third-order valence-electron chi connectivity index (χ3n) is 2.47. The largest absolute Gasteiger partial charge is 0.481 e. The fourth-order valence-electron chi connectivity index (χ4n) is 1.62. The fraction of sp³-hybridized carbons (Fsp3) is 0.500. The molecule has 19 heavy (non-hydrogen) atoms. The standard InChI is InChI=1S/C14H20FNO3/c1-10(2)7-11(17)8-16-14(18)9-19-13-6-4-3-5-12(13)15/h3-6,10-11,17H,7-9H2,1-2H3,(H,16,18). The van der Waals surface area contributed by atoms with Gasteiger partial charge in [0.2, 0.25) is 0 Å². The molecule has 0 fully saturated rings. The predicted octanol–water partition coefficient (Wildman–Crippen LogP) is 1.73. The van der Waals surface area contributed by atoms with E-state index in [2.05, 4.69) is 5.32 Å². The first-order valence-electron chi connectivity index (χ1n) is 6.31. The summed E-state index contributed by atoms with van der Waals surface area (Å²) in [6, 6.07) is 5.89. The molecule has 0 saturated heterocycles. The van der Waals surface area contributed by atoms with Gasteiger partial charge in [0, 0.05) is 6.54 Å². The van der Waals surface area contributed by atoms with Crippen LogP contribution in [0.1, 0.15) is 20.3 Å². The van der Waals surface area contributed by atoms with Crippen LogP contribution in [0.4, 0.5) is 4.39 Å². The first kappa shape index (κ1) is 15.4. The maximum atomic E-state index is 13.2. The lowest BCUT2D eigenvalue weighted by Crippen LogP contribution is -2.35. The molecule has 0 heterocycles. The van der Waals surface area contributed by atoms with Crippen molar-refractivity contribution in [2.45, 2.75) is 26.4 Å². The number of ether oxygens (including phenoxy) is 1. The number of aliphatic hydroxyl groups is 1. The molecule has 0 radical (unpaired) electrons. The second-order valence-corrected chi connectivity index (χ2v) is 4.81. The number of carbonyl (C=O) groups excluding carboxylic acids is 1. The maximum absolute atomic E-state index is 13.2. The Morgan fingerprint density at radius 3 is 2.74 bits per heavy atom. The molecule has 1 aromatic rings. The highest BCUT2D eigenvalue weighted by Gasteiger charge is 2.10. The molecule has 106 valence electrons. The number of para-hydroxylation sites is 1. The minimum absolute atomic E-state index is 0.0420. The summed E-state index contributed by atoms with van der Waals surface area (Å²) in [6.45, 7) is 3.89. The molecule has 5 heteroatoms.